The molecular formula is C66H115NO8. The van der Waals surface area contributed by atoms with E-state index in [-0.39, 0.29) is 38.6 Å². The summed E-state index contributed by atoms with van der Waals surface area (Å²) in [5, 5.41) is 11.8. The van der Waals surface area contributed by atoms with Crippen LogP contribution in [0.1, 0.15) is 258 Å². The van der Waals surface area contributed by atoms with Crippen LogP contribution < -0.4 is 5.11 Å². The van der Waals surface area contributed by atoms with Crippen molar-refractivity contribution in [3.63, 3.8) is 0 Å². The van der Waals surface area contributed by atoms with E-state index in [0.29, 0.717) is 17.4 Å². The molecule has 0 aliphatic carbocycles. The standard InChI is InChI=1S/C66H115NO8/c1-6-8-10-12-14-16-18-20-22-24-26-27-28-29-30-31-32-33-34-35-36-37-39-40-42-44-46-48-50-52-54-56-63(68)73-60-62(61-74-66(65(70)71)72-59-58-67(3,4)5)75-64(69)57-55-53-51-49-47-45-43-41-38-25-23-21-19-17-15-13-11-9-7-2/h9,11,15,17-18,20-21,23-24,26,38,41,45,47,62,66H,6-8,10,12-14,16,19,22,25,27-37,39-40,42-44,46,48-61H2,1-5H3/b11-9-,17-15-,20-18-,23-21-,26-24-,41-38-,47-45-. The molecule has 0 aliphatic rings. The van der Waals surface area contributed by atoms with Gasteiger partial charge in [0.25, 0.3) is 0 Å². The third kappa shape index (κ3) is 58.0. The summed E-state index contributed by atoms with van der Waals surface area (Å²) in [5.41, 5.74) is 0. The predicted molar refractivity (Wildman–Crippen MR) is 315 cm³/mol. The normalized spacial score (nSPS) is 13.3. The van der Waals surface area contributed by atoms with Crippen molar-refractivity contribution in [2.45, 2.75) is 270 Å². The highest BCUT2D eigenvalue weighted by atomic mass is 16.7. The van der Waals surface area contributed by atoms with Gasteiger partial charge < -0.3 is 33.3 Å². The summed E-state index contributed by atoms with van der Waals surface area (Å²) in [6, 6.07) is 0. The van der Waals surface area contributed by atoms with Crippen molar-refractivity contribution in [1.29, 1.82) is 0 Å². The smallest absolute Gasteiger partial charge is 0.306 e. The Kier molecular flexibility index (Phi) is 54.0. The number of esters is 2. The Morgan fingerprint density at radius 2 is 0.760 bits per heavy atom. The Morgan fingerprint density at radius 1 is 0.413 bits per heavy atom. The quantitative estimate of drug-likeness (QED) is 0.0195. The van der Waals surface area contributed by atoms with Gasteiger partial charge in [-0.2, -0.15) is 0 Å². The van der Waals surface area contributed by atoms with Gasteiger partial charge in [0.1, 0.15) is 13.2 Å². The fourth-order valence-corrected chi connectivity index (χ4v) is 8.42. The van der Waals surface area contributed by atoms with Gasteiger partial charge in [-0.25, -0.2) is 0 Å². The minimum Gasteiger partial charge on any atom is -0.545 e. The Hall–Kier alpha value is -3.53. The summed E-state index contributed by atoms with van der Waals surface area (Å²) >= 11 is 0. The largest absolute Gasteiger partial charge is 0.545 e. The molecule has 2 atom stereocenters. The molecule has 0 aliphatic heterocycles. The van der Waals surface area contributed by atoms with Gasteiger partial charge in [-0.1, -0.05) is 240 Å². The van der Waals surface area contributed by atoms with E-state index in [0.717, 1.165) is 77.0 Å². The first-order chi connectivity index (χ1) is 36.6. The number of carboxylic acids is 1. The molecule has 0 aromatic heterocycles. The number of ether oxygens (including phenoxy) is 4. The minimum absolute atomic E-state index is 0.138. The molecule has 432 valence electrons. The Morgan fingerprint density at radius 3 is 1.15 bits per heavy atom. The van der Waals surface area contributed by atoms with Gasteiger partial charge in [-0.3, -0.25) is 9.59 Å². The third-order valence-corrected chi connectivity index (χ3v) is 13.1. The van der Waals surface area contributed by atoms with Crippen LogP contribution in [-0.4, -0.2) is 82.3 Å². The van der Waals surface area contributed by atoms with Gasteiger partial charge in [0, 0.05) is 12.8 Å². The first kappa shape index (κ1) is 71.5. The average Bonchev–Trinajstić information content (AvgIpc) is 3.38. The lowest BCUT2D eigenvalue weighted by Gasteiger charge is -2.26. The molecule has 0 saturated carbocycles. The Balaban J connectivity index is 4.17. The van der Waals surface area contributed by atoms with E-state index < -0.39 is 24.3 Å². The zero-order valence-corrected chi connectivity index (χ0v) is 49.1. The number of aliphatic carboxylic acids is 1. The number of carbonyl (C=O) groups is 3. The van der Waals surface area contributed by atoms with Gasteiger partial charge in [0.2, 0.25) is 0 Å². The molecule has 0 fully saturated rings. The summed E-state index contributed by atoms with van der Waals surface area (Å²) in [6.07, 6.45) is 72.2. The van der Waals surface area contributed by atoms with E-state index in [4.69, 9.17) is 18.9 Å². The van der Waals surface area contributed by atoms with E-state index in [1.807, 2.05) is 21.1 Å². The molecule has 0 amide bonds. The zero-order valence-electron chi connectivity index (χ0n) is 49.1. The van der Waals surface area contributed by atoms with E-state index >= 15 is 0 Å². The van der Waals surface area contributed by atoms with Crippen LogP contribution in [-0.2, 0) is 33.3 Å². The molecule has 9 heteroatoms. The van der Waals surface area contributed by atoms with Crippen LogP contribution in [0.25, 0.3) is 0 Å². The molecule has 0 rings (SSSR count). The number of unbranched alkanes of at least 4 members (excludes halogenated alkanes) is 27. The monoisotopic (exact) mass is 1050 g/mol. The summed E-state index contributed by atoms with van der Waals surface area (Å²) < 4.78 is 22.7. The lowest BCUT2D eigenvalue weighted by atomic mass is 10.0. The van der Waals surface area contributed by atoms with Crippen molar-refractivity contribution < 1.29 is 42.9 Å². The number of hydrogen-bond donors (Lipinski definition) is 0. The van der Waals surface area contributed by atoms with Crippen LogP contribution in [0.5, 0.6) is 0 Å². The second-order valence-corrected chi connectivity index (χ2v) is 21.6. The fraction of sp³-hybridized carbons (Fsp3) is 0.742. The number of carbonyl (C=O) groups excluding carboxylic acids is 3. The maximum atomic E-state index is 12.8. The first-order valence-electron chi connectivity index (χ1n) is 30.7. The van der Waals surface area contributed by atoms with Gasteiger partial charge in [0.05, 0.1) is 40.3 Å². The molecule has 0 N–H and O–H groups in total. The molecule has 0 saturated heterocycles. The highest BCUT2D eigenvalue weighted by Crippen LogP contribution is 2.16. The van der Waals surface area contributed by atoms with Crippen molar-refractivity contribution in [2.75, 3.05) is 47.5 Å². The number of carboxylic acid groups (broad SMARTS) is 1. The fourth-order valence-electron chi connectivity index (χ4n) is 8.42. The van der Waals surface area contributed by atoms with E-state index in [1.165, 1.54) is 148 Å². The molecule has 0 bridgehead atoms. The van der Waals surface area contributed by atoms with Crippen molar-refractivity contribution in [2.24, 2.45) is 0 Å². The van der Waals surface area contributed by atoms with Crippen molar-refractivity contribution in [3.8, 4) is 0 Å². The average molecular weight is 1050 g/mol. The highest BCUT2D eigenvalue weighted by molar-refractivity contribution is 5.70. The highest BCUT2D eigenvalue weighted by Gasteiger charge is 2.22. The number of hydrogen-bond acceptors (Lipinski definition) is 8. The van der Waals surface area contributed by atoms with Crippen LogP contribution in [0.4, 0.5) is 0 Å². The summed E-state index contributed by atoms with van der Waals surface area (Å²) in [5.74, 6) is -2.33. The summed E-state index contributed by atoms with van der Waals surface area (Å²) in [4.78, 5) is 37.3. The minimum atomic E-state index is -1.63. The second kappa shape index (κ2) is 56.7. The van der Waals surface area contributed by atoms with Crippen LogP contribution in [0.2, 0.25) is 0 Å². The molecule has 2 unspecified atom stereocenters. The predicted octanol–water partition coefficient (Wildman–Crippen LogP) is 17.0. The molecule has 75 heavy (non-hydrogen) atoms. The van der Waals surface area contributed by atoms with Gasteiger partial charge in [-0.05, 0) is 89.9 Å². The second-order valence-electron chi connectivity index (χ2n) is 21.6. The van der Waals surface area contributed by atoms with E-state index in [9.17, 15) is 19.5 Å². The number of nitrogens with zero attached hydrogens (tertiary/aromatic N) is 1. The van der Waals surface area contributed by atoms with Crippen LogP contribution in [0.3, 0.4) is 0 Å². The Labute approximate surface area is 461 Å². The van der Waals surface area contributed by atoms with Crippen molar-refractivity contribution in [1.82, 2.24) is 0 Å². The number of likely N-dealkylation sites (N-methyl/N-ethyl adjacent to an activating group) is 1. The van der Waals surface area contributed by atoms with E-state index in [1.54, 1.807) is 0 Å². The topological polar surface area (TPSA) is 111 Å². The molecule has 0 aromatic rings. The van der Waals surface area contributed by atoms with Crippen LogP contribution in [0.15, 0.2) is 85.1 Å². The number of rotatable bonds is 56. The molecule has 0 radical (unpaired) electrons. The summed E-state index contributed by atoms with van der Waals surface area (Å²) in [7, 11) is 5.91. The maximum Gasteiger partial charge on any atom is 0.306 e. The third-order valence-electron chi connectivity index (χ3n) is 13.1. The lowest BCUT2D eigenvalue weighted by molar-refractivity contribution is -0.870. The molecule has 0 heterocycles. The van der Waals surface area contributed by atoms with Gasteiger partial charge in [-0.15, -0.1) is 0 Å². The van der Waals surface area contributed by atoms with Crippen molar-refractivity contribution in [3.05, 3.63) is 85.1 Å². The Bertz CT molecular complexity index is 1500. The maximum absolute atomic E-state index is 12.8. The van der Waals surface area contributed by atoms with Crippen LogP contribution in [0, 0.1) is 0 Å². The number of allylic oxidation sites excluding steroid dienone is 14. The number of quaternary nitrogens is 1. The van der Waals surface area contributed by atoms with Gasteiger partial charge >= 0.3 is 11.9 Å². The van der Waals surface area contributed by atoms with Gasteiger partial charge in [0.15, 0.2) is 12.4 Å². The molecule has 0 spiro atoms. The summed E-state index contributed by atoms with van der Waals surface area (Å²) in [6.45, 7) is 4.60. The zero-order chi connectivity index (χ0) is 54.8. The van der Waals surface area contributed by atoms with Crippen LogP contribution >= 0.6 is 0 Å². The van der Waals surface area contributed by atoms with E-state index in [2.05, 4.69) is 98.9 Å². The molecule has 9 nitrogen and oxygen atoms in total. The van der Waals surface area contributed by atoms with Crippen molar-refractivity contribution >= 4 is 17.9 Å². The molecular weight excluding hydrogens is 935 g/mol. The molecule has 0 aromatic carbocycles. The lowest BCUT2D eigenvalue weighted by Crippen LogP contribution is -2.44. The SMILES string of the molecule is CC/C=C\C/C=C\C/C=C\C/C=C\C/C=C\CCCCCC(=O)OC(COC(=O)CCCCCCCCCCCCCCCCCCCCC/C=C\C/C=C\CCCCCCC)COC(OCC[N+](C)(C)C)C(=O)[O-]. The first-order valence-corrected chi connectivity index (χ1v) is 30.7.